The van der Waals surface area contributed by atoms with Gasteiger partial charge in [0.05, 0.1) is 5.69 Å². The van der Waals surface area contributed by atoms with E-state index in [4.69, 9.17) is 21.1 Å². The van der Waals surface area contributed by atoms with Crippen molar-refractivity contribution in [3.05, 3.63) is 58.6 Å². The molecule has 5 aromatic rings. The molecule has 0 aliphatic rings. The molecule has 0 fully saturated rings. The fraction of sp³-hybridized carbons (Fsp3) is 0.238. The molecule has 0 radical (unpaired) electrons. The van der Waals surface area contributed by atoms with Crippen molar-refractivity contribution in [2.24, 2.45) is 7.05 Å². The fourth-order valence-corrected chi connectivity index (χ4v) is 4.19. The zero-order valence-electron chi connectivity index (χ0n) is 17.3. The third kappa shape index (κ3) is 2.60. The SMILES string of the molecule is Cc1nc(C)n(-c2c(C)nn3c(-c4c(Cl)nc(-c5ccccc5)n4C)c(C)oc23)n1. The van der Waals surface area contributed by atoms with E-state index in [0.717, 1.165) is 40.0 Å². The first-order chi connectivity index (χ1) is 14.4. The number of hydrogen-bond acceptors (Lipinski definition) is 5. The Morgan fingerprint density at radius 1 is 0.933 bits per heavy atom. The van der Waals surface area contributed by atoms with Crippen molar-refractivity contribution in [3.63, 3.8) is 0 Å². The summed E-state index contributed by atoms with van der Waals surface area (Å²) in [6.45, 7) is 7.59. The number of halogens is 1. The molecule has 0 aliphatic carbocycles. The Morgan fingerprint density at radius 2 is 1.67 bits per heavy atom. The van der Waals surface area contributed by atoms with Crippen LogP contribution in [0.1, 0.15) is 23.1 Å². The number of aryl methyl sites for hydroxylation is 4. The number of hydrogen-bond donors (Lipinski definition) is 0. The molecule has 0 saturated carbocycles. The predicted octanol–water partition coefficient (Wildman–Crippen LogP) is 4.46. The van der Waals surface area contributed by atoms with Crippen LogP contribution in [0, 0.1) is 27.7 Å². The molecule has 4 heterocycles. The van der Waals surface area contributed by atoms with Gasteiger partial charge in [0.15, 0.2) is 10.8 Å². The number of oxazole rings is 1. The molecule has 8 nitrogen and oxygen atoms in total. The van der Waals surface area contributed by atoms with Gasteiger partial charge in [-0.25, -0.2) is 14.6 Å². The minimum atomic E-state index is 0.393. The molecule has 0 unspecified atom stereocenters. The molecule has 9 heteroatoms. The van der Waals surface area contributed by atoms with E-state index in [1.807, 2.05) is 69.6 Å². The van der Waals surface area contributed by atoms with Gasteiger partial charge in [-0.1, -0.05) is 41.9 Å². The van der Waals surface area contributed by atoms with Crippen LogP contribution in [0.25, 0.3) is 34.2 Å². The first kappa shape index (κ1) is 18.6. The zero-order chi connectivity index (χ0) is 21.2. The average molecular weight is 422 g/mol. The molecule has 0 N–H and O–H groups in total. The maximum absolute atomic E-state index is 6.61. The van der Waals surface area contributed by atoms with E-state index < -0.39 is 0 Å². The van der Waals surface area contributed by atoms with Crippen molar-refractivity contribution < 1.29 is 4.42 Å². The van der Waals surface area contributed by atoms with E-state index in [9.17, 15) is 0 Å². The van der Waals surface area contributed by atoms with Gasteiger partial charge in [0.1, 0.15) is 34.6 Å². The summed E-state index contributed by atoms with van der Waals surface area (Å²) >= 11 is 6.61. The molecular formula is C21H20ClN7O. The summed E-state index contributed by atoms with van der Waals surface area (Å²) in [6.07, 6.45) is 0. The van der Waals surface area contributed by atoms with Gasteiger partial charge in [-0.2, -0.15) is 14.7 Å². The van der Waals surface area contributed by atoms with E-state index in [1.165, 1.54) is 0 Å². The van der Waals surface area contributed by atoms with E-state index in [0.29, 0.717) is 22.5 Å². The first-order valence-electron chi connectivity index (χ1n) is 9.54. The van der Waals surface area contributed by atoms with E-state index in [-0.39, 0.29) is 0 Å². The molecule has 0 bridgehead atoms. The Hall–Kier alpha value is -3.39. The van der Waals surface area contributed by atoms with E-state index >= 15 is 0 Å². The Labute approximate surface area is 177 Å². The molecule has 30 heavy (non-hydrogen) atoms. The van der Waals surface area contributed by atoms with E-state index in [1.54, 1.807) is 9.20 Å². The van der Waals surface area contributed by atoms with Crippen LogP contribution < -0.4 is 0 Å². The summed E-state index contributed by atoms with van der Waals surface area (Å²) in [4.78, 5) is 9.01. The minimum absolute atomic E-state index is 0.393. The van der Waals surface area contributed by atoms with Crippen LogP contribution in [-0.2, 0) is 7.05 Å². The number of benzene rings is 1. The summed E-state index contributed by atoms with van der Waals surface area (Å²) in [5.41, 5.74) is 4.63. The highest BCUT2D eigenvalue weighted by Crippen LogP contribution is 2.37. The molecule has 0 spiro atoms. The quantitative estimate of drug-likeness (QED) is 0.429. The highest BCUT2D eigenvalue weighted by atomic mass is 35.5. The number of imidazole rings is 1. The van der Waals surface area contributed by atoms with Gasteiger partial charge in [0, 0.05) is 12.6 Å². The maximum atomic E-state index is 6.61. The summed E-state index contributed by atoms with van der Waals surface area (Å²) in [5.74, 6) is 2.93. The molecule has 0 saturated heterocycles. The largest absolute Gasteiger partial charge is 0.439 e. The van der Waals surface area contributed by atoms with Crippen molar-refractivity contribution in [1.82, 2.24) is 33.9 Å². The smallest absolute Gasteiger partial charge is 0.249 e. The van der Waals surface area contributed by atoms with Crippen LogP contribution in [-0.4, -0.2) is 33.9 Å². The monoisotopic (exact) mass is 421 g/mol. The molecule has 4 aromatic heterocycles. The van der Waals surface area contributed by atoms with Gasteiger partial charge in [-0.15, -0.1) is 0 Å². The molecule has 152 valence electrons. The highest BCUT2D eigenvalue weighted by molar-refractivity contribution is 6.32. The standard InChI is InChI=1S/C21H20ClN7O/c1-11-16(28-14(4)23-13(3)26-28)21-29(25-11)17(12(2)30-21)18-19(22)24-20(27(18)5)15-9-7-6-8-10-15/h6-10H,1-5H3. The van der Waals surface area contributed by atoms with Crippen LogP contribution in [0.5, 0.6) is 0 Å². The van der Waals surface area contributed by atoms with E-state index in [2.05, 4.69) is 15.1 Å². The van der Waals surface area contributed by atoms with Crippen LogP contribution in [0.15, 0.2) is 34.7 Å². The van der Waals surface area contributed by atoms with Crippen LogP contribution in [0.3, 0.4) is 0 Å². The van der Waals surface area contributed by atoms with Crippen molar-refractivity contribution in [2.75, 3.05) is 0 Å². The number of rotatable bonds is 3. The molecule has 1 aromatic carbocycles. The second-order valence-corrected chi connectivity index (χ2v) is 7.63. The number of fused-ring (bicyclic) bond motifs is 1. The molecule has 0 atom stereocenters. The second-order valence-electron chi connectivity index (χ2n) is 7.28. The lowest BCUT2D eigenvalue weighted by atomic mass is 10.2. The molecule has 0 amide bonds. The second kappa shape index (κ2) is 6.56. The Bertz CT molecular complexity index is 1400. The van der Waals surface area contributed by atoms with Crippen molar-refractivity contribution in [1.29, 1.82) is 0 Å². The minimum Gasteiger partial charge on any atom is -0.439 e. The van der Waals surface area contributed by atoms with Gasteiger partial charge in [0.2, 0.25) is 5.71 Å². The zero-order valence-corrected chi connectivity index (χ0v) is 18.1. The average Bonchev–Trinajstić information content (AvgIpc) is 3.38. The van der Waals surface area contributed by atoms with Gasteiger partial charge in [-0.05, 0) is 27.7 Å². The molecule has 5 rings (SSSR count). The van der Waals surface area contributed by atoms with Crippen LogP contribution >= 0.6 is 11.6 Å². The Kier molecular flexibility index (Phi) is 4.08. The molecule has 0 aliphatic heterocycles. The van der Waals surface area contributed by atoms with Gasteiger partial charge >= 0.3 is 0 Å². The topological polar surface area (TPSA) is 79.0 Å². The third-order valence-corrected chi connectivity index (χ3v) is 5.44. The normalized spacial score (nSPS) is 11.7. The van der Waals surface area contributed by atoms with Crippen LogP contribution in [0.2, 0.25) is 5.15 Å². The van der Waals surface area contributed by atoms with Crippen molar-refractivity contribution in [3.8, 4) is 28.5 Å². The molecular weight excluding hydrogens is 402 g/mol. The third-order valence-electron chi connectivity index (χ3n) is 5.18. The lowest BCUT2D eigenvalue weighted by molar-refractivity contribution is 0.568. The highest BCUT2D eigenvalue weighted by Gasteiger charge is 2.27. The van der Waals surface area contributed by atoms with Crippen molar-refractivity contribution >= 4 is 17.3 Å². The summed E-state index contributed by atoms with van der Waals surface area (Å²) < 4.78 is 11.7. The number of aromatic nitrogens is 7. The first-order valence-corrected chi connectivity index (χ1v) is 9.92. The summed E-state index contributed by atoms with van der Waals surface area (Å²) in [5, 5.41) is 9.63. The summed E-state index contributed by atoms with van der Waals surface area (Å²) in [7, 11) is 1.94. The Balaban J connectivity index is 1.76. The van der Waals surface area contributed by atoms with Crippen LogP contribution in [0.4, 0.5) is 0 Å². The lowest BCUT2D eigenvalue weighted by Crippen LogP contribution is -2.00. The predicted molar refractivity (Wildman–Crippen MR) is 114 cm³/mol. The van der Waals surface area contributed by atoms with Gasteiger partial charge in [0.25, 0.3) is 0 Å². The number of nitrogens with zero attached hydrogens (tertiary/aromatic N) is 7. The maximum Gasteiger partial charge on any atom is 0.249 e. The lowest BCUT2D eigenvalue weighted by Gasteiger charge is -2.05. The summed E-state index contributed by atoms with van der Waals surface area (Å²) in [6, 6.07) is 9.94. The van der Waals surface area contributed by atoms with Gasteiger partial charge in [-0.3, -0.25) is 0 Å². The Morgan fingerprint density at radius 3 is 2.33 bits per heavy atom. The fourth-order valence-electron chi connectivity index (χ4n) is 3.89. The van der Waals surface area contributed by atoms with Crippen molar-refractivity contribution in [2.45, 2.75) is 27.7 Å². The van der Waals surface area contributed by atoms with Gasteiger partial charge < -0.3 is 8.98 Å².